The van der Waals surface area contributed by atoms with Crippen LogP contribution in [0.3, 0.4) is 0 Å². The average molecular weight is 192 g/mol. The van der Waals surface area contributed by atoms with Crippen molar-refractivity contribution in [2.75, 3.05) is 25.5 Å². The molecule has 0 heterocycles. The summed E-state index contributed by atoms with van der Waals surface area (Å²) in [6.45, 7) is 5.32. The fourth-order valence-corrected chi connectivity index (χ4v) is 1.41. The van der Waals surface area contributed by atoms with Crippen LogP contribution in [0.15, 0.2) is 24.3 Å². The standard InChI is InChI=1S/C12H20N2/c1-10-5-7-12(8-6-10)14(4)9-11(2)13-3/h5-8,11,13H,9H2,1-4H3. The van der Waals surface area contributed by atoms with E-state index in [1.54, 1.807) is 0 Å². The molecule has 14 heavy (non-hydrogen) atoms. The molecule has 1 N–H and O–H groups in total. The van der Waals surface area contributed by atoms with Crippen molar-refractivity contribution in [3.8, 4) is 0 Å². The molecule has 0 amide bonds. The summed E-state index contributed by atoms with van der Waals surface area (Å²) in [6.07, 6.45) is 0. The van der Waals surface area contributed by atoms with Gasteiger partial charge < -0.3 is 10.2 Å². The van der Waals surface area contributed by atoms with Crippen LogP contribution in [0.4, 0.5) is 5.69 Å². The van der Waals surface area contributed by atoms with Crippen molar-refractivity contribution in [2.24, 2.45) is 0 Å². The van der Waals surface area contributed by atoms with Crippen molar-refractivity contribution in [1.82, 2.24) is 5.32 Å². The van der Waals surface area contributed by atoms with Crippen molar-refractivity contribution in [3.05, 3.63) is 29.8 Å². The van der Waals surface area contributed by atoms with Crippen molar-refractivity contribution in [1.29, 1.82) is 0 Å². The number of benzene rings is 1. The summed E-state index contributed by atoms with van der Waals surface area (Å²) in [5, 5.41) is 3.24. The van der Waals surface area contributed by atoms with E-state index in [1.807, 2.05) is 7.05 Å². The Hall–Kier alpha value is -1.02. The van der Waals surface area contributed by atoms with Crippen LogP contribution in [0.1, 0.15) is 12.5 Å². The van der Waals surface area contributed by atoms with Crippen LogP contribution in [-0.4, -0.2) is 26.7 Å². The van der Waals surface area contributed by atoms with Crippen molar-refractivity contribution in [2.45, 2.75) is 19.9 Å². The van der Waals surface area contributed by atoms with E-state index in [0.717, 1.165) is 6.54 Å². The minimum absolute atomic E-state index is 0.515. The highest BCUT2D eigenvalue weighted by Crippen LogP contribution is 2.13. The summed E-state index contributed by atoms with van der Waals surface area (Å²) >= 11 is 0. The number of anilines is 1. The molecule has 1 rings (SSSR count). The van der Waals surface area contributed by atoms with Gasteiger partial charge in [-0.15, -0.1) is 0 Å². The first-order chi connectivity index (χ1) is 6.63. The molecule has 0 saturated carbocycles. The molecule has 2 heteroatoms. The van der Waals surface area contributed by atoms with Gasteiger partial charge in [0.05, 0.1) is 0 Å². The molecule has 0 bridgehead atoms. The number of nitrogens with one attached hydrogen (secondary N) is 1. The van der Waals surface area contributed by atoms with Crippen LogP contribution in [0, 0.1) is 6.92 Å². The van der Waals surface area contributed by atoms with Crippen molar-refractivity contribution in [3.63, 3.8) is 0 Å². The van der Waals surface area contributed by atoms with Crippen LogP contribution in [-0.2, 0) is 0 Å². The van der Waals surface area contributed by atoms with Gasteiger partial charge in [0, 0.05) is 25.3 Å². The van der Waals surface area contributed by atoms with Gasteiger partial charge in [-0.2, -0.15) is 0 Å². The predicted octanol–water partition coefficient (Wildman–Crippen LogP) is 2.04. The van der Waals surface area contributed by atoms with Gasteiger partial charge in [-0.3, -0.25) is 0 Å². The van der Waals surface area contributed by atoms with Gasteiger partial charge in [-0.05, 0) is 33.0 Å². The number of likely N-dealkylation sites (N-methyl/N-ethyl adjacent to an activating group) is 2. The predicted molar refractivity (Wildman–Crippen MR) is 63.0 cm³/mol. The number of rotatable bonds is 4. The zero-order valence-electron chi connectivity index (χ0n) is 9.54. The van der Waals surface area contributed by atoms with E-state index >= 15 is 0 Å². The van der Waals surface area contributed by atoms with Crippen LogP contribution in [0.2, 0.25) is 0 Å². The monoisotopic (exact) mass is 192 g/mol. The van der Waals surface area contributed by atoms with E-state index in [1.165, 1.54) is 11.3 Å². The molecule has 0 aliphatic heterocycles. The van der Waals surface area contributed by atoms with Gasteiger partial charge >= 0.3 is 0 Å². The molecular weight excluding hydrogens is 172 g/mol. The maximum Gasteiger partial charge on any atom is 0.0364 e. The number of hydrogen-bond acceptors (Lipinski definition) is 2. The van der Waals surface area contributed by atoms with Gasteiger partial charge in [0.15, 0.2) is 0 Å². The minimum atomic E-state index is 0.515. The second kappa shape index (κ2) is 5.01. The molecule has 0 aliphatic carbocycles. The molecule has 2 nitrogen and oxygen atoms in total. The van der Waals surface area contributed by atoms with E-state index in [9.17, 15) is 0 Å². The quantitative estimate of drug-likeness (QED) is 0.785. The summed E-state index contributed by atoms with van der Waals surface area (Å²) in [7, 11) is 4.12. The highest BCUT2D eigenvalue weighted by Gasteiger charge is 2.04. The summed E-state index contributed by atoms with van der Waals surface area (Å²) in [6, 6.07) is 9.14. The molecule has 1 aromatic carbocycles. The zero-order valence-corrected chi connectivity index (χ0v) is 9.54. The third-order valence-electron chi connectivity index (χ3n) is 2.52. The lowest BCUT2D eigenvalue weighted by Gasteiger charge is -2.23. The third kappa shape index (κ3) is 3.04. The average Bonchev–Trinajstić information content (AvgIpc) is 2.18. The highest BCUT2D eigenvalue weighted by atomic mass is 15.1. The molecule has 0 spiro atoms. The van der Waals surface area contributed by atoms with Gasteiger partial charge in [0.25, 0.3) is 0 Å². The molecule has 0 fully saturated rings. The molecule has 0 saturated heterocycles. The summed E-state index contributed by atoms with van der Waals surface area (Å²) in [5.41, 5.74) is 2.58. The zero-order chi connectivity index (χ0) is 10.6. The topological polar surface area (TPSA) is 15.3 Å². The van der Waals surface area contributed by atoms with Crippen LogP contribution in [0.25, 0.3) is 0 Å². The Balaban J connectivity index is 2.60. The maximum absolute atomic E-state index is 3.24. The lowest BCUT2D eigenvalue weighted by Crippen LogP contribution is -2.35. The summed E-state index contributed by atoms with van der Waals surface area (Å²) < 4.78 is 0. The Morgan fingerprint density at radius 2 is 1.86 bits per heavy atom. The second-order valence-corrected chi connectivity index (χ2v) is 3.91. The normalized spacial score (nSPS) is 12.6. The number of nitrogens with zero attached hydrogens (tertiary/aromatic N) is 1. The Labute approximate surface area is 86.9 Å². The first kappa shape index (κ1) is 11.1. The maximum atomic E-state index is 3.24. The van der Waals surface area contributed by atoms with Gasteiger partial charge in [0.1, 0.15) is 0 Å². The molecular formula is C12H20N2. The van der Waals surface area contributed by atoms with Gasteiger partial charge in [-0.1, -0.05) is 17.7 Å². The Kier molecular flexibility index (Phi) is 3.96. The fourth-order valence-electron chi connectivity index (χ4n) is 1.41. The summed E-state index contributed by atoms with van der Waals surface area (Å²) in [4.78, 5) is 2.26. The lowest BCUT2D eigenvalue weighted by atomic mass is 10.2. The largest absolute Gasteiger partial charge is 0.373 e. The number of aryl methyl sites for hydroxylation is 1. The van der Waals surface area contributed by atoms with E-state index < -0.39 is 0 Å². The van der Waals surface area contributed by atoms with Crippen LogP contribution in [0.5, 0.6) is 0 Å². The molecule has 1 unspecified atom stereocenters. The molecule has 0 aliphatic rings. The Morgan fingerprint density at radius 3 is 2.36 bits per heavy atom. The molecule has 0 radical (unpaired) electrons. The fraction of sp³-hybridized carbons (Fsp3) is 0.500. The highest BCUT2D eigenvalue weighted by molar-refractivity contribution is 5.46. The first-order valence-corrected chi connectivity index (χ1v) is 5.08. The van der Waals surface area contributed by atoms with Crippen LogP contribution < -0.4 is 10.2 Å². The molecule has 78 valence electrons. The molecule has 0 aromatic heterocycles. The number of hydrogen-bond donors (Lipinski definition) is 1. The van der Waals surface area contributed by atoms with Gasteiger partial charge in [0.2, 0.25) is 0 Å². The van der Waals surface area contributed by atoms with Crippen molar-refractivity contribution >= 4 is 5.69 Å². The van der Waals surface area contributed by atoms with E-state index in [0.29, 0.717) is 6.04 Å². The smallest absolute Gasteiger partial charge is 0.0364 e. The SMILES string of the molecule is CNC(C)CN(C)c1ccc(C)cc1. The van der Waals surface area contributed by atoms with E-state index in [4.69, 9.17) is 0 Å². The van der Waals surface area contributed by atoms with Gasteiger partial charge in [-0.25, -0.2) is 0 Å². The Morgan fingerprint density at radius 1 is 1.29 bits per heavy atom. The van der Waals surface area contributed by atoms with E-state index in [2.05, 4.69) is 55.4 Å². The first-order valence-electron chi connectivity index (χ1n) is 5.08. The molecule has 1 aromatic rings. The molecule has 1 atom stereocenters. The third-order valence-corrected chi connectivity index (χ3v) is 2.52. The Bertz CT molecular complexity index is 266. The minimum Gasteiger partial charge on any atom is -0.373 e. The van der Waals surface area contributed by atoms with Crippen molar-refractivity contribution < 1.29 is 0 Å². The van der Waals surface area contributed by atoms with E-state index in [-0.39, 0.29) is 0 Å². The summed E-state index contributed by atoms with van der Waals surface area (Å²) in [5.74, 6) is 0. The second-order valence-electron chi connectivity index (χ2n) is 3.91. The lowest BCUT2D eigenvalue weighted by molar-refractivity contribution is 0.605. The van der Waals surface area contributed by atoms with Crippen LogP contribution >= 0.6 is 0 Å².